The summed E-state index contributed by atoms with van der Waals surface area (Å²) in [6, 6.07) is 7.27. The van der Waals surface area contributed by atoms with E-state index in [1.165, 1.54) is 0 Å². The molecule has 0 unspecified atom stereocenters. The highest BCUT2D eigenvalue weighted by Crippen LogP contribution is 2.26. The molecule has 0 heterocycles. The number of nitrogens with one attached hydrogen (secondary N) is 1. The van der Waals surface area contributed by atoms with E-state index in [2.05, 4.69) is 5.32 Å². The molecule has 0 bridgehead atoms. The molecule has 4 nitrogen and oxygen atoms in total. The lowest BCUT2D eigenvalue weighted by atomic mass is 10.1. The average molecular weight is 251 g/mol. The molecule has 0 saturated heterocycles. The molecular weight excluding hydrogens is 230 g/mol. The van der Waals surface area contributed by atoms with Gasteiger partial charge in [0.25, 0.3) is 5.91 Å². The minimum absolute atomic E-state index is 0.145. The van der Waals surface area contributed by atoms with Gasteiger partial charge in [0.15, 0.2) is 17.6 Å². The second-order valence-corrected chi connectivity index (χ2v) is 5.15. The highest BCUT2D eigenvalue weighted by Gasteiger charge is 2.21. The van der Waals surface area contributed by atoms with Crippen molar-refractivity contribution in [3.8, 4) is 11.5 Å². The fourth-order valence-corrected chi connectivity index (χ4v) is 1.43. The van der Waals surface area contributed by atoms with Gasteiger partial charge in [-0.1, -0.05) is 12.1 Å². The summed E-state index contributed by atoms with van der Waals surface area (Å²) in [4.78, 5) is 11.9. The van der Waals surface area contributed by atoms with Gasteiger partial charge in [0.1, 0.15) is 0 Å². The van der Waals surface area contributed by atoms with Crippen molar-refractivity contribution >= 4 is 5.91 Å². The number of methoxy groups -OCH3 is 1. The van der Waals surface area contributed by atoms with Crippen molar-refractivity contribution in [2.45, 2.75) is 39.3 Å². The molecule has 1 aromatic rings. The molecule has 100 valence electrons. The van der Waals surface area contributed by atoms with Crippen LogP contribution in [0.15, 0.2) is 24.3 Å². The van der Waals surface area contributed by atoms with Crippen LogP contribution in [0, 0.1) is 0 Å². The van der Waals surface area contributed by atoms with Gasteiger partial charge in [-0.25, -0.2) is 0 Å². The fraction of sp³-hybridized carbons (Fsp3) is 0.500. The third-order valence-electron chi connectivity index (χ3n) is 2.24. The fourth-order valence-electron chi connectivity index (χ4n) is 1.43. The summed E-state index contributed by atoms with van der Waals surface area (Å²) in [6.45, 7) is 7.51. The zero-order valence-electron chi connectivity index (χ0n) is 11.6. The van der Waals surface area contributed by atoms with Crippen molar-refractivity contribution in [1.82, 2.24) is 5.32 Å². The summed E-state index contributed by atoms with van der Waals surface area (Å²) in [6.07, 6.45) is -0.569. The number of hydrogen-bond donors (Lipinski definition) is 1. The highest BCUT2D eigenvalue weighted by atomic mass is 16.5. The first-order chi connectivity index (χ1) is 8.33. The van der Waals surface area contributed by atoms with Gasteiger partial charge in [-0.15, -0.1) is 0 Å². The van der Waals surface area contributed by atoms with Gasteiger partial charge in [-0.2, -0.15) is 0 Å². The largest absolute Gasteiger partial charge is 0.493 e. The first kappa shape index (κ1) is 14.4. The molecule has 0 fully saturated rings. The van der Waals surface area contributed by atoms with Crippen LogP contribution in [-0.4, -0.2) is 24.7 Å². The van der Waals surface area contributed by atoms with Crippen molar-refractivity contribution in [2.75, 3.05) is 7.11 Å². The van der Waals surface area contributed by atoms with E-state index in [-0.39, 0.29) is 11.4 Å². The molecule has 0 spiro atoms. The normalized spacial score (nSPS) is 12.7. The molecule has 0 radical (unpaired) electrons. The maximum atomic E-state index is 11.9. The Bertz CT molecular complexity index is 410. The summed E-state index contributed by atoms with van der Waals surface area (Å²) < 4.78 is 10.8. The SMILES string of the molecule is COc1ccccc1O[C@H](C)C(=O)NC(C)(C)C. The van der Waals surface area contributed by atoms with E-state index in [4.69, 9.17) is 9.47 Å². The number of carbonyl (C=O) groups is 1. The first-order valence-corrected chi connectivity index (χ1v) is 5.95. The maximum absolute atomic E-state index is 11.9. The second kappa shape index (κ2) is 5.76. The minimum Gasteiger partial charge on any atom is -0.493 e. The molecule has 1 aromatic carbocycles. The molecule has 0 aromatic heterocycles. The molecule has 4 heteroatoms. The Hall–Kier alpha value is -1.71. The summed E-state index contributed by atoms with van der Waals surface area (Å²) in [7, 11) is 1.57. The van der Waals surface area contributed by atoms with Crippen LogP contribution in [-0.2, 0) is 4.79 Å². The third kappa shape index (κ3) is 4.28. The van der Waals surface area contributed by atoms with E-state index >= 15 is 0 Å². The van der Waals surface area contributed by atoms with Gasteiger partial charge in [0.05, 0.1) is 7.11 Å². The number of ether oxygens (including phenoxy) is 2. The van der Waals surface area contributed by atoms with E-state index in [9.17, 15) is 4.79 Å². The topological polar surface area (TPSA) is 47.6 Å². The summed E-state index contributed by atoms with van der Waals surface area (Å²) in [5.74, 6) is 1.04. The van der Waals surface area contributed by atoms with Crippen LogP contribution < -0.4 is 14.8 Å². The molecule has 1 N–H and O–H groups in total. The standard InChI is InChI=1S/C14H21NO3/c1-10(13(16)15-14(2,3)4)18-12-9-7-6-8-11(12)17-5/h6-10H,1-5H3,(H,15,16)/t10-/m1/s1. The first-order valence-electron chi connectivity index (χ1n) is 5.95. The lowest BCUT2D eigenvalue weighted by Gasteiger charge is -2.24. The third-order valence-corrected chi connectivity index (χ3v) is 2.24. The van der Waals surface area contributed by atoms with E-state index in [1.807, 2.05) is 32.9 Å². The molecule has 0 saturated carbocycles. The molecule has 18 heavy (non-hydrogen) atoms. The lowest BCUT2D eigenvalue weighted by Crippen LogP contribution is -2.46. The Morgan fingerprint density at radius 1 is 1.22 bits per heavy atom. The number of rotatable bonds is 4. The van der Waals surface area contributed by atoms with Crippen molar-refractivity contribution < 1.29 is 14.3 Å². The predicted molar refractivity (Wildman–Crippen MR) is 71.0 cm³/mol. The summed E-state index contributed by atoms with van der Waals surface area (Å²) in [5, 5.41) is 2.87. The predicted octanol–water partition coefficient (Wildman–Crippen LogP) is 2.38. The number of benzene rings is 1. The number of carbonyl (C=O) groups excluding carboxylic acids is 1. The Balaban J connectivity index is 2.69. The zero-order valence-corrected chi connectivity index (χ0v) is 11.6. The van der Waals surface area contributed by atoms with Gasteiger partial charge < -0.3 is 14.8 Å². The average Bonchev–Trinajstić information content (AvgIpc) is 2.27. The smallest absolute Gasteiger partial charge is 0.261 e. The molecule has 0 aliphatic rings. The maximum Gasteiger partial charge on any atom is 0.261 e. The van der Waals surface area contributed by atoms with Crippen molar-refractivity contribution in [1.29, 1.82) is 0 Å². The van der Waals surface area contributed by atoms with E-state index in [0.717, 1.165) is 0 Å². The molecule has 1 rings (SSSR count). The van der Waals surface area contributed by atoms with Crippen molar-refractivity contribution in [2.24, 2.45) is 0 Å². The molecular formula is C14H21NO3. The Morgan fingerprint density at radius 2 is 1.78 bits per heavy atom. The Kier molecular flexibility index (Phi) is 4.59. The van der Waals surface area contributed by atoms with Crippen LogP contribution in [0.1, 0.15) is 27.7 Å². The number of hydrogen-bond acceptors (Lipinski definition) is 3. The van der Waals surface area contributed by atoms with Crippen LogP contribution in [0.4, 0.5) is 0 Å². The monoisotopic (exact) mass is 251 g/mol. The lowest BCUT2D eigenvalue weighted by molar-refractivity contribution is -0.128. The van der Waals surface area contributed by atoms with Crippen LogP contribution in [0.5, 0.6) is 11.5 Å². The van der Waals surface area contributed by atoms with Gasteiger partial charge >= 0.3 is 0 Å². The van der Waals surface area contributed by atoms with Gasteiger partial charge in [-0.3, -0.25) is 4.79 Å². The highest BCUT2D eigenvalue weighted by molar-refractivity contribution is 5.81. The van der Waals surface area contributed by atoms with Gasteiger partial charge in [-0.05, 0) is 39.8 Å². The Labute approximate surface area is 108 Å². The van der Waals surface area contributed by atoms with Gasteiger partial charge in [0, 0.05) is 5.54 Å². The van der Waals surface area contributed by atoms with Crippen molar-refractivity contribution in [3.05, 3.63) is 24.3 Å². The molecule has 1 atom stereocenters. The van der Waals surface area contributed by atoms with Crippen LogP contribution in [0.2, 0.25) is 0 Å². The quantitative estimate of drug-likeness (QED) is 0.893. The summed E-state index contributed by atoms with van der Waals surface area (Å²) in [5.41, 5.74) is -0.268. The zero-order chi connectivity index (χ0) is 13.8. The Morgan fingerprint density at radius 3 is 2.28 bits per heavy atom. The molecule has 0 aliphatic heterocycles. The van der Waals surface area contributed by atoms with Crippen LogP contribution in [0.25, 0.3) is 0 Å². The molecule has 0 aliphatic carbocycles. The number of amides is 1. The van der Waals surface area contributed by atoms with Crippen molar-refractivity contribution in [3.63, 3.8) is 0 Å². The van der Waals surface area contributed by atoms with E-state index in [0.29, 0.717) is 11.5 Å². The second-order valence-electron chi connectivity index (χ2n) is 5.15. The minimum atomic E-state index is -0.569. The van der Waals surface area contributed by atoms with E-state index < -0.39 is 6.10 Å². The van der Waals surface area contributed by atoms with Gasteiger partial charge in [0.2, 0.25) is 0 Å². The number of para-hydroxylation sites is 2. The van der Waals surface area contributed by atoms with Crippen LogP contribution >= 0.6 is 0 Å². The summed E-state index contributed by atoms with van der Waals surface area (Å²) >= 11 is 0. The van der Waals surface area contributed by atoms with E-state index in [1.54, 1.807) is 26.2 Å². The van der Waals surface area contributed by atoms with Crippen LogP contribution in [0.3, 0.4) is 0 Å². The molecule has 1 amide bonds.